The summed E-state index contributed by atoms with van der Waals surface area (Å²) in [4.78, 5) is 21.8. The highest BCUT2D eigenvalue weighted by Gasteiger charge is 2.23. The van der Waals surface area contributed by atoms with E-state index in [1.165, 1.54) is 6.33 Å². The van der Waals surface area contributed by atoms with Gasteiger partial charge in [0.1, 0.15) is 18.2 Å². The Labute approximate surface area is 148 Å². The molecule has 4 rings (SSSR count). The summed E-state index contributed by atoms with van der Waals surface area (Å²) in [6, 6.07) is 9.52. The van der Waals surface area contributed by atoms with Gasteiger partial charge < -0.3 is 10.6 Å². The molecule has 1 amide bonds. The molecule has 24 heavy (non-hydrogen) atoms. The van der Waals surface area contributed by atoms with Crippen LogP contribution in [0.5, 0.6) is 0 Å². The average Bonchev–Trinajstić information content (AvgIpc) is 3.03. The number of halogens is 1. The Bertz CT molecular complexity index is 893. The SMILES string of the molecule is O=C1NCCC[C@H]1Nc1ncnc2cc(-c3ccc(Cl)cc3)sc12. The molecule has 7 heteroatoms. The van der Waals surface area contributed by atoms with Crippen LogP contribution in [0.25, 0.3) is 20.7 Å². The molecule has 2 aromatic heterocycles. The molecule has 2 N–H and O–H groups in total. The van der Waals surface area contributed by atoms with Gasteiger partial charge in [0.05, 0.1) is 10.2 Å². The molecule has 1 atom stereocenters. The summed E-state index contributed by atoms with van der Waals surface area (Å²) >= 11 is 7.57. The summed E-state index contributed by atoms with van der Waals surface area (Å²) in [7, 11) is 0. The average molecular weight is 359 g/mol. The van der Waals surface area contributed by atoms with Gasteiger partial charge in [0.2, 0.25) is 5.91 Å². The summed E-state index contributed by atoms with van der Waals surface area (Å²) in [5.41, 5.74) is 1.96. The minimum Gasteiger partial charge on any atom is -0.357 e. The molecule has 122 valence electrons. The second-order valence-corrected chi connectivity index (χ2v) is 7.17. The van der Waals surface area contributed by atoms with Gasteiger partial charge in [0.15, 0.2) is 0 Å². The normalized spacial score (nSPS) is 17.7. The first kappa shape index (κ1) is 15.4. The minimum absolute atomic E-state index is 0.0301. The van der Waals surface area contributed by atoms with Crippen LogP contribution in [-0.4, -0.2) is 28.5 Å². The number of nitrogens with one attached hydrogen (secondary N) is 2. The zero-order valence-corrected chi connectivity index (χ0v) is 14.3. The van der Waals surface area contributed by atoms with Crippen molar-refractivity contribution in [2.24, 2.45) is 0 Å². The molecule has 1 saturated heterocycles. The topological polar surface area (TPSA) is 66.9 Å². The molecule has 5 nitrogen and oxygen atoms in total. The van der Waals surface area contributed by atoms with E-state index in [1.807, 2.05) is 30.3 Å². The van der Waals surface area contributed by atoms with Crippen LogP contribution < -0.4 is 10.6 Å². The van der Waals surface area contributed by atoms with Gasteiger partial charge in [-0.25, -0.2) is 9.97 Å². The van der Waals surface area contributed by atoms with Crippen molar-refractivity contribution in [2.45, 2.75) is 18.9 Å². The lowest BCUT2D eigenvalue weighted by atomic mass is 10.1. The highest BCUT2D eigenvalue weighted by Crippen LogP contribution is 2.36. The third kappa shape index (κ3) is 2.95. The van der Waals surface area contributed by atoms with Crippen LogP contribution in [0.4, 0.5) is 5.82 Å². The van der Waals surface area contributed by atoms with E-state index in [0.717, 1.165) is 40.0 Å². The number of carbonyl (C=O) groups is 1. The van der Waals surface area contributed by atoms with Crippen LogP contribution in [0.1, 0.15) is 12.8 Å². The number of carbonyl (C=O) groups excluding carboxylic acids is 1. The molecule has 0 saturated carbocycles. The monoisotopic (exact) mass is 358 g/mol. The second-order valence-electron chi connectivity index (χ2n) is 5.68. The van der Waals surface area contributed by atoms with E-state index in [-0.39, 0.29) is 11.9 Å². The number of anilines is 1. The fourth-order valence-electron chi connectivity index (χ4n) is 2.79. The van der Waals surface area contributed by atoms with Gasteiger partial charge in [-0.3, -0.25) is 4.79 Å². The Hall–Kier alpha value is -2.18. The first-order valence-corrected chi connectivity index (χ1v) is 8.95. The summed E-state index contributed by atoms with van der Waals surface area (Å²) in [5.74, 6) is 0.745. The molecule has 1 aliphatic heterocycles. The molecule has 0 radical (unpaired) electrons. The van der Waals surface area contributed by atoms with Gasteiger partial charge >= 0.3 is 0 Å². The lowest BCUT2D eigenvalue weighted by Gasteiger charge is -2.23. The molecule has 0 spiro atoms. The summed E-state index contributed by atoms with van der Waals surface area (Å²) in [6.07, 6.45) is 3.31. The summed E-state index contributed by atoms with van der Waals surface area (Å²) < 4.78 is 0.959. The third-order valence-electron chi connectivity index (χ3n) is 4.04. The van der Waals surface area contributed by atoms with Crippen molar-refractivity contribution in [1.82, 2.24) is 15.3 Å². The molecule has 1 aromatic carbocycles. The van der Waals surface area contributed by atoms with Crippen LogP contribution in [0.2, 0.25) is 5.02 Å². The van der Waals surface area contributed by atoms with Crippen molar-refractivity contribution in [3.8, 4) is 10.4 Å². The van der Waals surface area contributed by atoms with E-state index in [0.29, 0.717) is 10.8 Å². The highest BCUT2D eigenvalue weighted by molar-refractivity contribution is 7.22. The molecule has 0 aliphatic carbocycles. The molecular weight excluding hydrogens is 344 g/mol. The van der Waals surface area contributed by atoms with Gasteiger partial charge in [-0.2, -0.15) is 0 Å². The van der Waals surface area contributed by atoms with Crippen LogP contribution in [-0.2, 0) is 4.79 Å². The third-order valence-corrected chi connectivity index (χ3v) is 5.47. The number of hydrogen-bond acceptors (Lipinski definition) is 5. The molecule has 3 aromatic rings. The number of nitrogens with zero attached hydrogens (tertiary/aromatic N) is 2. The number of rotatable bonds is 3. The Morgan fingerprint density at radius 3 is 2.88 bits per heavy atom. The Kier molecular flexibility index (Phi) is 4.08. The Morgan fingerprint density at radius 1 is 1.25 bits per heavy atom. The number of piperidine rings is 1. The number of thiophene rings is 1. The quantitative estimate of drug-likeness (QED) is 0.749. The van der Waals surface area contributed by atoms with Crippen LogP contribution in [0, 0.1) is 0 Å². The van der Waals surface area contributed by atoms with Gasteiger partial charge in [0.25, 0.3) is 0 Å². The molecule has 1 aliphatic rings. The molecule has 3 heterocycles. The first-order chi connectivity index (χ1) is 11.7. The van der Waals surface area contributed by atoms with Crippen molar-refractivity contribution < 1.29 is 4.79 Å². The van der Waals surface area contributed by atoms with E-state index >= 15 is 0 Å². The lowest BCUT2D eigenvalue weighted by molar-refractivity contribution is -0.123. The van der Waals surface area contributed by atoms with Crippen molar-refractivity contribution >= 4 is 44.9 Å². The molecule has 0 bridgehead atoms. The lowest BCUT2D eigenvalue weighted by Crippen LogP contribution is -2.44. The fraction of sp³-hybridized carbons (Fsp3) is 0.235. The standard InChI is InChI=1S/C17H15ClN4OS/c18-11-5-3-10(4-6-11)14-8-13-15(24-14)16(21-9-20-13)22-12-2-1-7-19-17(12)23/h3-6,8-9,12H,1-2,7H2,(H,19,23)(H,20,21,22)/t12-/m1/s1. The first-order valence-electron chi connectivity index (χ1n) is 7.75. The number of fused-ring (bicyclic) bond motifs is 1. The van der Waals surface area contributed by atoms with Crippen molar-refractivity contribution in [3.05, 3.63) is 41.7 Å². The van der Waals surface area contributed by atoms with Crippen LogP contribution >= 0.6 is 22.9 Å². The maximum atomic E-state index is 12.0. The molecule has 1 fully saturated rings. The van der Waals surface area contributed by atoms with Gasteiger partial charge in [-0.1, -0.05) is 23.7 Å². The zero-order valence-electron chi connectivity index (χ0n) is 12.8. The van der Waals surface area contributed by atoms with Crippen molar-refractivity contribution in [3.63, 3.8) is 0 Å². The number of hydrogen-bond donors (Lipinski definition) is 2. The van der Waals surface area contributed by atoms with Gasteiger partial charge in [-0.15, -0.1) is 11.3 Å². The van der Waals surface area contributed by atoms with Crippen LogP contribution in [0.3, 0.4) is 0 Å². The smallest absolute Gasteiger partial charge is 0.242 e. The second kappa shape index (κ2) is 6.37. The van der Waals surface area contributed by atoms with Crippen LogP contribution in [0.15, 0.2) is 36.7 Å². The number of aromatic nitrogens is 2. The molecule has 0 unspecified atom stereocenters. The summed E-state index contributed by atoms with van der Waals surface area (Å²) in [5, 5.41) is 6.87. The highest BCUT2D eigenvalue weighted by atomic mass is 35.5. The van der Waals surface area contributed by atoms with Gasteiger partial charge in [0, 0.05) is 16.4 Å². The van der Waals surface area contributed by atoms with E-state index < -0.39 is 0 Å². The summed E-state index contributed by atoms with van der Waals surface area (Å²) in [6.45, 7) is 0.746. The predicted molar refractivity (Wildman–Crippen MR) is 97.5 cm³/mol. The van der Waals surface area contributed by atoms with E-state index in [4.69, 9.17) is 11.6 Å². The van der Waals surface area contributed by atoms with Crippen molar-refractivity contribution in [1.29, 1.82) is 0 Å². The predicted octanol–water partition coefficient (Wildman–Crippen LogP) is 3.70. The van der Waals surface area contributed by atoms with Crippen molar-refractivity contribution in [2.75, 3.05) is 11.9 Å². The maximum Gasteiger partial charge on any atom is 0.242 e. The Morgan fingerprint density at radius 2 is 2.08 bits per heavy atom. The zero-order chi connectivity index (χ0) is 16.5. The minimum atomic E-state index is -0.238. The number of amides is 1. The molecular formula is C17H15ClN4OS. The maximum absolute atomic E-state index is 12.0. The largest absolute Gasteiger partial charge is 0.357 e. The van der Waals surface area contributed by atoms with E-state index in [1.54, 1.807) is 11.3 Å². The fourth-order valence-corrected chi connectivity index (χ4v) is 3.98. The van der Waals surface area contributed by atoms with E-state index in [2.05, 4.69) is 20.6 Å². The number of benzene rings is 1. The van der Waals surface area contributed by atoms with E-state index in [9.17, 15) is 4.79 Å². The van der Waals surface area contributed by atoms with Gasteiger partial charge in [-0.05, 0) is 36.6 Å². The Balaban J connectivity index is 1.69.